The first kappa shape index (κ1) is 15.3. The Labute approximate surface area is 122 Å². The Morgan fingerprint density at radius 2 is 2.05 bits per heavy atom. The van der Waals surface area contributed by atoms with Crippen LogP contribution in [-0.2, 0) is 10.0 Å². The van der Waals surface area contributed by atoms with Crippen molar-refractivity contribution in [3.63, 3.8) is 0 Å². The molecule has 0 amide bonds. The molecular weight excluding hydrogens is 296 g/mol. The molecule has 21 heavy (non-hydrogen) atoms. The summed E-state index contributed by atoms with van der Waals surface area (Å²) in [6.45, 7) is 1.66. The van der Waals surface area contributed by atoms with Crippen molar-refractivity contribution in [2.45, 2.75) is 17.9 Å². The van der Waals surface area contributed by atoms with Crippen LogP contribution in [0.25, 0.3) is 0 Å². The molecule has 2 N–H and O–H groups in total. The van der Waals surface area contributed by atoms with Gasteiger partial charge in [-0.3, -0.25) is 5.10 Å². The Morgan fingerprint density at radius 3 is 2.62 bits per heavy atom. The van der Waals surface area contributed by atoms with Gasteiger partial charge < -0.3 is 9.47 Å². The lowest BCUT2D eigenvalue weighted by molar-refractivity contribution is 0.391. The van der Waals surface area contributed by atoms with Gasteiger partial charge in [0.05, 0.1) is 20.3 Å². The monoisotopic (exact) mass is 312 g/mol. The number of hydrogen-bond acceptors (Lipinski definition) is 6. The van der Waals surface area contributed by atoms with Gasteiger partial charge in [0.15, 0.2) is 0 Å². The lowest BCUT2D eigenvalue weighted by Gasteiger charge is -2.15. The number of rotatable bonds is 6. The molecule has 0 aliphatic heterocycles. The van der Waals surface area contributed by atoms with Crippen LogP contribution in [0.15, 0.2) is 29.4 Å². The van der Waals surface area contributed by atoms with E-state index in [1.165, 1.54) is 32.7 Å². The van der Waals surface area contributed by atoms with Crippen molar-refractivity contribution in [2.24, 2.45) is 0 Å². The zero-order chi connectivity index (χ0) is 15.5. The van der Waals surface area contributed by atoms with Crippen LogP contribution in [0.4, 0.5) is 0 Å². The van der Waals surface area contributed by atoms with E-state index in [2.05, 4.69) is 19.9 Å². The van der Waals surface area contributed by atoms with Crippen LogP contribution < -0.4 is 14.2 Å². The van der Waals surface area contributed by atoms with Gasteiger partial charge >= 0.3 is 0 Å². The highest BCUT2D eigenvalue weighted by atomic mass is 32.2. The van der Waals surface area contributed by atoms with E-state index in [-0.39, 0.29) is 10.6 Å². The van der Waals surface area contributed by atoms with Gasteiger partial charge in [-0.2, -0.15) is 5.10 Å². The predicted molar refractivity (Wildman–Crippen MR) is 74.7 cm³/mol. The fraction of sp³-hybridized carbons (Fsp3) is 0.333. The summed E-state index contributed by atoms with van der Waals surface area (Å²) in [5, 5.41) is 6.31. The molecule has 2 rings (SSSR count). The maximum atomic E-state index is 12.5. The minimum Gasteiger partial charge on any atom is -0.497 e. The van der Waals surface area contributed by atoms with Crippen LogP contribution >= 0.6 is 0 Å². The van der Waals surface area contributed by atoms with Gasteiger partial charge in [-0.25, -0.2) is 18.1 Å². The number of aromatic nitrogens is 3. The summed E-state index contributed by atoms with van der Waals surface area (Å²) in [6.07, 6.45) is 1.31. The maximum Gasteiger partial charge on any atom is 0.245 e. The number of hydrogen-bond donors (Lipinski definition) is 2. The second-order valence-electron chi connectivity index (χ2n) is 4.23. The van der Waals surface area contributed by atoms with Crippen molar-refractivity contribution in [1.29, 1.82) is 0 Å². The first-order valence-corrected chi connectivity index (χ1v) is 7.56. The minimum atomic E-state index is -3.80. The molecule has 1 unspecified atom stereocenters. The third-order valence-electron chi connectivity index (χ3n) is 2.84. The Morgan fingerprint density at radius 1 is 1.29 bits per heavy atom. The van der Waals surface area contributed by atoms with Crippen molar-refractivity contribution in [3.05, 3.63) is 30.4 Å². The van der Waals surface area contributed by atoms with Crippen LogP contribution in [0.2, 0.25) is 0 Å². The summed E-state index contributed by atoms with van der Waals surface area (Å²) in [7, 11) is -0.939. The Bertz CT molecular complexity index is 700. The van der Waals surface area contributed by atoms with E-state index >= 15 is 0 Å². The summed E-state index contributed by atoms with van der Waals surface area (Å²) in [5.41, 5.74) is 0. The van der Waals surface area contributed by atoms with E-state index < -0.39 is 16.1 Å². The molecule has 0 spiro atoms. The number of ether oxygens (including phenoxy) is 2. The van der Waals surface area contributed by atoms with Crippen LogP contribution in [0.3, 0.4) is 0 Å². The number of methoxy groups -OCH3 is 2. The van der Waals surface area contributed by atoms with Gasteiger partial charge in [-0.1, -0.05) is 0 Å². The lowest BCUT2D eigenvalue weighted by atomic mass is 10.3. The highest BCUT2D eigenvalue weighted by molar-refractivity contribution is 7.89. The summed E-state index contributed by atoms with van der Waals surface area (Å²) in [5.74, 6) is 1.07. The maximum absolute atomic E-state index is 12.5. The Balaban J connectivity index is 2.34. The Kier molecular flexibility index (Phi) is 4.43. The molecule has 8 nitrogen and oxygen atoms in total. The van der Waals surface area contributed by atoms with E-state index in [4.69, 9.17) is 9.47 Å². The smallest absolute Gasteiger partial charge is 0.245 e. The summed E-state index contributed by atoms with van der Waals surface area (Å²) >= 11 is 0. The zero-order valence-electron chi connectivity index (χ0n) is 11.8. The Hall–Kier alpha value is -2.13. The molecular formula is C12H16N4O4S. The van der Waals surface area contributed by atoms with E-state index in [9.17, 15) is 8.42 Å². The molecule has 0 saturated carbocycles. The molecule has 0 saturated heterocycles. The van der Waals surface area contributed by atoms with Gasteiger partial charge in [-0.15, -0.1) is 0 Å². The molecule has 114 valence electrons. The molecule has 1 heterocycles. The van der Waals surface area contributed by atoms with Crippen molar-refractivity contribution >= 4 is 10.0 Å². The average molecular weight is 312 g/mol. The highest BCUT2D eigenvalue weighted by Gasteiger charge is 2.24. The summed E-state index contributed by atoms with van der Waals surface area (Å²) in [6, 6.07) is 3.99. The van der Waals surface area contributed by atoms with Crippen molar-refractivity contribution in [2.75, 3.05) is 14.2 Å². The van der Waals surface area contributed by atoms with E-state index in [1.54, 1.807) is 13.0 Å². The van der Waals surface area contributed by atoms with Crippen LogP contribution in [0.5, 0.6) is 11.5 Å². The fourth-order valence-electron chi connectivity index (χ4n) is 1.77. The molecule has 0 fully saturated rings. The topological polar surface area (TPSA) is 106 Å². The van der Waals surface area contributed by atoms with Crippen LogP contribution in [0, 0.1) is 0 Å². The molecule has 1 aromatic heterocycles. The van der Waals surface area contributed by atoms with Crippen LogP contribution in [-0.4, -0.2) is 37.8 Å². The van der Waals surface area contributed by atoms with Crippen molar-refractivity contribution < 1.29 is 17.9 Å². The van der Waals surface area contributed by atoms with Gasteiger partial charge in [0.2, 0.25) is 10.0 Å². The first-order chi connectivity index (χ1) is 9.97. The fourth-order valence-corrected chi connectivity index (χ4v) is 3.16. The number of H-pyrrole nitrogens is 1. The van der Waals surface area contributed by atoms with Gasteiger partial charge in [-0.05, 0) is 19.1 Å². The largest absolute Gasteiger partial charge is 0.497 e. The third-order valence-corrected chi connectivity index (χ3v) is 4.40. The highest BCUT2D eigenvalue weighted by Crippen LogP contribution is 2.28. The molecule has 1 atom stereocenters. The van der Waals surface area contributed by atoms with Gasteiger partial charge in [0, 0.05) is 6.07 Å². The second-order valence-corrected chi connectivity index (χ2v) is 5.91. The van der Waals surface area contributed by atoms with Gasteiger partial charge in [0.1, 0.15) is 28.5 Å². The van der Waals surface area contributed by atoms with Crippen molar-refractivity contribution in [1.82, 2.24) is 19.9 Å². The molecule has 1 aromatic carbocycles. The number of aromatic amines is 1. The first-order valence-electron chi connectivity index (χ1n) is 6.07. The normalized spacial score (nSPS) is 12.9. The average Bonchev–Trinajstić information content (AvgIpc) is 3.00. The second kappa shape index (κ2) is 6.10. The lowest BCUT2D eigenvalue weighted by Crippen LogP contribution is -2.28. The van der Waals surface area contributed by atoms with Crippen LogP contribution in [0.1, 0.15) is 18.8 Å². The standard InChI is InChI=1S/C12H16N4O4S/c1-8(12-13-7-14-15-12)16-21(17,18)11-6-9(19-2)4-5-10(11)20-3/h4-8,16H,1-3H3,(H,13,14,15). The molecule has 9 heteroatoms. The molecule has 0 bridgehead atoms. The SMILES string of the molecule is COc1ccc(OC)c(S(=O)(=O)NC(C)c2ncn[nH]2)c1. The third kappa shape index (κ3) is 3.31. The number of nitrogens with zero attached hydrogens (tertiary/aromatic N) is 2. The zero-order valence-corrected chi connectivity index (χ0v) is 12.6. The van der Waals surface area contributed by atoms with E-state index in [0.29, 0.717) is 11.6 Å². The minimum absolute atomic E-state index is 0.00397. The quantitative estimate of drug-likeness (QED) is 0.819. The van der Waals surface area contributed by atoms with E-state index in [0.717, 1.165) is 0 Å². The molecule has 0 aliphatic rings. The van der Waals surface area contributed by atoms with Gasteiger partial charge in [0.25, 0.3) is 0 Å². The predicted octanol–water partition coefficient (Wildman–Crippen LogP) is 0.861. The number of nitrogens with one attached hydrogen (secondary N) is 2. The van der Waals surface area contributed by atoms with E-state index in [1.807, 2.05) is 0 Å². The number of sulfonamides is 1. The number of benzene rings is 1. The summed E-state index contributed by atoms with van der Waals surface area (Å²) < 4.78 is 37.6. The molecule has 0 aliphatic carbocycles. The van der Waals surface area contributed by atoms with Crippen molar-refractivity contribution in [3.8, 4) is 11.5 Å². The molecule has 0 radical (unpaired) electrons. The summed E-state index contributed by atoms with van der Waals surface area (Å²) in [4.78, 5) is 3.92. The molecule has 2 aromatic rings.